The number of carbonyl (C=O) groups excluding carboxylic acids is 1. The second-order valence-electron chi connectivity index (χ2n) is 7.50. The van der Waals surface area contributed by atoms with Crippen molar-refractivity contribution >= 4 is 45.1 Å². The van der Waals surface area contributed by atoms with Crippen LogP contribution in [-0.4, -0.2) is 28.0 Å². The van der Waals surface area contributed by atoms with Crippen molar-refractivity contribution in [1.82, 2.24) is 15.0 Å². The molecule has 0 aliphatic carbocycles. The van der Waals surface area contributed by atoms with Gasteiger partial charge in [-0.1, -0.05) is 42.5 Å². The van der Waals surface area contributed by atoms with Crippen LogP contribution in [0.2, 0.25) is 0 Å². The van der Waals surface area contributed by atoms with Gasteiger partial charge in [-0.15, -0.1) is 0 Å². The summed E-state index contributed by atoms with van der Waals surface area (Å²) in [5.41, 5.74) is 10.5. The lowest BCUT2D eigenvalue weighted by Gasteiger charge is -2.10. The summed E-state index contributed by atoms with van der Waals surface area (Å²) in [4.78, 5) is 24.9. The van der Waals surface area contributed by atoms with Crippen LogP contribution >= 0.6 is 0 Å². The van der Waals surface area contributed by atoms with Crippen molar-refractivity contribution in [3.63, 3.8) is 0 Å². The van der Waals surface area contributed by atoms with Crippen LogP contribution in [-0.2, 0) is 11.2 Å². The summed E-state index contributed by atoms with van der Waals surface area (Å²) in [5, 5.41) is 5.15. The van der Waals surface area contributed by atoms with E-state index >= 15 is 0 Å². The monoisotopic (exact) mass is 423 g/mol. The van der Waals surface area contributed by atoms with E-state index in [-0.39, 0.29) is 5.97 Å². The van der Waals surface area contributed by atoms with Crippen LogP contribution in [0.5, 0.6) is 0 Å². The summed E-state index contributed by atoms with van der Waals surface area (Å²) in [7, 11) is 1.37. The molecule has 2 heterocycles. The minimum Gasteiger partial charge on any atom is -0.465 e. The number of carbonyl (C=O) groups is 1. The predicted octanol–water partition coefficient (Wildman–Crippen LogP) is 4.81. The van der Waals surface area contributed by atoms with Crippen LogP contribution in [0, 0.1) is 0 Å². The summed E-state index contributed by atoms with van der Waals surface area (Å²) in [5.74, 6) is 0.956. The summed E-state index contributed by atoms with van der Waals surface area (Å²) >= 11 is 0. The number of H-pyrrole nitrogens is 1. The number of nitrogens with one attached hydrogen (secondary N) is 2. The third-order valence-electron chi connectivity index (χ3n) is 5.27. The molecule has 5 aromatic rings. The lowest BCUT2D eigenvalue weighted by Crippen LogP contribution is -2.02. The van der Waals surface area contributed by atoms with Gasteiger partial charge in [0, 0.05) is 28.7 Å². The fourth-order valence-electron chi connectivity index (χ4n) is 3.79. The Morgan fingerprint density at radius 2 is 1.88 bits per heavy atom. The van der Waals surface area contributed by atoms with Crippen LogP contribution in [0.3, 0.4) is 0 Å². The van der Waals surface area contributed by atoms with E-state index in [1.807, 2.05) is 60.7 Å². The normalized spacial score (nSPS) is 11.0. The van der Waals surface area contributed by atoms with Gasteiger partial charge in [0.25, 0.3) is 0 Å². The highest BCUT2D eigenvalue weighted by Crippen LogP contribution is 2.32. The largest absolute Gasteiger partial charge is 0.465 e. The maximum Gasteiger partial charge on any atom is 0.337 e. The molecule has 0 radical (unpaired) electrons. The SMILES string of the molecule is COC(=O)c1ccc2c(c1)[nH]c1nc(Cc3ccccc3)nc(Nc3cccc(N)c3)c12. The molecule has 0 bridgehead atoms. The first-order valence-corrected chi connectivity index (χ1v) is 10.2. The van der Waals surface area contributed by atoms with Crippen molar-refractivity contribution in [2.24, 2.45) is 0 Å². The number of fused-ring (bicyclic) bond motifs is 3. The number of hydrogen-bond acceptors (Lipinski definition) is 6. The zero-order chi connectivity index (χ0) is 22.1. The zero-order valence-electron chi connectivity index (χ0n) is 17.4. The van der Waals surface area contributed by atoms with Crippen molar-refractivity contribution in [2.75, 3.05) is 18.2 Å². The van der Waals surface area contributed by atoms with Gasteiger partial charge >= 0.3 is 5.97 Å². The highest BCUT2D eigenvalue weighted by molar-refractivity contribution is 6.12. The number of nitrogens with zero attached hydrogens (tertiary/aromatic N) is 2. The van der Waals surface area contributed by atoms with Crippen LogP contribution in [0.15, 0.2) is 72.8 Å². The van der Waals surface area contributed by atoms with Crippen LogP contribution < -0.4 is 11.1 Å². The number of aromatic nitrogens is 3. The van der Waals surface area contributed by atoms with Gasteiger partial charge < -0.3 is 20.8 Å². The van der Waals surface area contributed by atoms with Crippen LogP contribution in [0.1, 0.15) is 21.7 Å². The molecule has 32 heavy (non-hydrogen) atoms. The number of rotatable bonds is 5. The van der Waals surface area contributed by atoms with Gasteiger partial charge in [-0.2, -0.15) is 0 Å². The van der Waals surface area contributed by atoms with Crippen LogP contribution in [0.4, 0.5) is 17.2 Å². The average molecular weight is 423 g/mol. The molecular weight excluding hydrogens is 402 g/mol. The molecule has 0 unspecified atom stereocenters. The Balaban J connectivity index is 1.67. The molecule has 0 saturated heterocycles. The summed E-state index contributed by atoms with van der Waals surface area (Å²) < 4.78 is 4.85. The van der Waals surface area contributed by atoms with E-state index in [2.05, 4.69) is 10.3 Å². The molecule has 0 fully saturated rings. The first-order chi connectivity index (χ1) is 15.6. The number of aromatic amines is 1. The molecule has 0 saturated carbocycles. The lowest BCUT2D eigenvalue weighted by molar-refractivity contribution is 0.0601. The smallest absolute Gasteiger partial charge is 0.337 e. The first-order valence-electron chi connectivity index (χ1n) is 10.2. The average Bonchev–Trinajstić information content (AvgIpc) is 3.17. The minimum absolute atomic E-state index is 0.389. The van der Waals surface area contributed by atoms with Gasteiger partial charge in [0.2, 0.25) is 0 Å². The molecule has 0 amide bonds. The van der Waals surface area contributed by atoms with Crippen LogP contribution in [0.25, 0.3) is 21.9 Å². The molecular formula is C25H21N5O2. The number of benzene rings is 3. The molecule has 7 heteroatoms. The van der Waals surface area contributed by atoms with Crippen molar-refractivity contribution in [3.05, 3.63) is 89.7 Å². The van der Waals surface area contributed by atoms with E-state index in [9.17, 15) is 4.79 Å². The summed E-state index contributed by atoms with van der Waals surface area (Å²) in [6.45, 7) is 0. The molecule has 3 aromatic carbocycles. The van der Waals surface area contributed by atoms with Crippen molar-refractivity contribution in [2.45, 2.75) is 6.42 Å². The van der Waals surface area contributed by atoms with E-state index in [1.165, 1.54) is 7.11 Å². The predicted molar refractivity (Wildman–Crippen MR) is 126 cm³/mol. The van der Waals surface area contributed by atoms with Gasteiger partial charge in [-0.05, 0) is 35.9 Å². The lowest BCUT2D eigenvalue weighted by atomic mass is 10.1. The highest BCUT2D eigenvalue weighted by Gasteiger charge is 2.16. The third-order valence-corrected chi connectivity index (χ3v) is 5.27. The Kier molecular flexibility index (Phi) is 4.91. The summed E-state index contributed by atoms with van der Waals surface area (Å²) in [6.07, 6.45) is 0.588. The maximum absolute atomic E-state index is 12.0. The number of methoxy groups -OCH3 is 1. The standard InChI is InChI=1S/C25H21N5O2/c1-32-25(31)16-10-11-19-20(13-16)28-24-22(19)23(27-18-9-5-8-17(26)14-18)29-21(30-24)12-15-6-3-2-4-7-15/h2-11,13-14H,12,26H2,1H3,(H2,27,28,29,30). The Morgan fingerprint density at radius 1 is 1.03 bits per heavy atom. The van der Waals surface area contributed by atoms with Crippen molar-refractivity contribution in [1.29, 1.82) is 0 Å². The molecule has 0 spiro atoms. The van der Waals surface area contributed by atoms with Gasteiger partial charge in [-0.3, -0.25) is 0 Å². The third kappa shape index (κ3) is 3.72. The Bertz CT molecular complexity index is 1440. The number of nitrogens with two attached hydrogens (primary N) is 1. The van der Waals surface area contributed by atoms with Crippen molar-refractivity contribution < 1.29 is 9.53 Å². The number of ether oxygens (including phenoxy) is 1. The maximum atomic E-state index is 12.0. The molecule has 0 atom stereocenters. The second-order valence-corrected chi connectivity index (χ2v) is 7.50. The molecule has 0 aliphatic rings. The van der Waals surface area contributed by atoms with Gasteiger partial charge in [0.15, 0.2) is 0 Å². The Hall–Kier alpha value is -4.39. The van der Waals surface area contributed by atoms with E-state index in [0.717, 1.165) is 27.5 Å². The summed E-state index contributed by atoms with van der Waals surface area (Å²) in [6, 6.07) is 23.0. The molecule has 4 N–H and O–H groups in total. The first kappa shape index (κ1) is 19.6. The quantitative estimate of drug-likeness (QED) is 0.277. The fraction of sp³-hybridized carbons (Fsp3) is 0.0800. The zero-order valence-corrected chi connectivity index (χ0v) is 17.4. The number of nitrogen functional groups attached to an aromatic ring is 1. The molecule has 158 valence electrons. The number of anilines is 3. The second kappa shape index (κ2) is 8.03. The number of esters is 1. The van der Waals surface area contributed by atoms with Gasteiger partial charge in [0.1, 0.15) is 17.3 Å². The van der Waals surface area contributed by atoms with E-state index < -0.39 is 0 Å². The Morgan fingerprint density at radius 3 is 2.66 bits per heavy atom. The fourth-order valence-corrected chi connectivity index (χ4v) is 3.79. The minimum atomic E-state index is -0.389. The van der Waals surface area contributed by atoms with E-state index in [4.69, 9.17) is 20.4 Å². The molecule has 0 aliphatic heterocycles. The van der Waals surface area contributed by atoms with Gasteiger partial charge in [0.05, 0.1) is 18.1 Å². The molecule has 2 aromatic heterocycles. The molecule has 5 rings (SSSR count). The topological polar surface area (TPSA) is 106 Å². The van der Waals surface area contributed by atoms with Gasteiger partial charge in [-0.25, -0.2) is 14.8 Å². The number of hydrogen-bond donors (Lipinski definition) is 3. The molecule has 7 nitrogen and oxygen atoms in total. The highest BCUT2D eigenvalue weighted by atomic mass is 16.5. The van der Waals surface area contributed by atoms with Crippen molar-refractivity contribution in [3.8, 4) is 0 Å². The Labute approximate surface area is 184 Å². The van der Waals surface area contributed by atoms with E-state index in [1.54, 1.807) is 12.1 Å². The van der Waals surface area contributed by atoms with E-state index in [0.29, 0.717) is 35.0 Å².